The molecule has 4 N–H and O–H groups in total. The van der Waals surface area contributed by atoms with Gasteiger partial charge >= 0.3 is 6.09 Å². The number of nitrogens with one attached hydrogen (secondary N) is 4. The molecule has 290 valence electrons. The molecule has 53 heavy (non-hydrogen) atoms. The van der Waals surface area contributed by atoms with Crippen LogP contribution in [0.2, 0.25) is 0 Å². The second-order valence-electron chi connectivity index (χ2n) is 17.0. The number of hydrogen-bond acceptors (Lipinski definition) is 8. The maximum absolute atomic E-state index is 14.3. The van der Waals surface area contributed by atoms with Gasteiger partial charge in [0.2, 0.25) is 29.4 Å². The third-order valence-corrected chi connectivity index (χ3v) is 11.2. The zero-order chi connectivity index (χ0) is 38.8. The van der Waals surface area contributed by atoms with Gasteiger partial charge in [-0.05, 0) is 74.7 Å². The van der Waals surface area contributed by atoms with Crippen LogP contribution in [-0.4, -0.2) is 102 Å². The van der Waals surface area contributed by atoms with Crippen molar-refractivity contribution in [2.45, 2.75) is 109 Å². The highest BCUT2D eigenvalue weighted by Crippen LogP contribution is 2.65. The number of Topliss-reactive ketones (excluding diaryl/α,β-unsaturated/α-hetero) is 1. The fourth-order valence-corrected chi connectivity index (χ4v) is 8.08. The Hall–Kier alpha value is -4.49. The van der Waals surface area contributed by atoms with Crippen LogP contribution in [0.25, 0.3) is 0 Å². The molecule has 0 radical (unpaired) electrons. The lowest BCUT2D eigenvalue weighted by Gasteiger charge is -2.35. The molecule has 6 atom stereocenters. The largest absolute Gasteiger partial charge is 0.444 e. The van der Waals surface area contributed by atoms with E-state index in [1.54, 1.807) is 70.1 Å². The van der Waals surface area contributed by atoms with Crippen LogP contribution in [0.15, 0.2) is 30.3 Å². The predicted molar refractivity (Wildman–Crippen MR) is 195 cm³/mol. The summed E-state index contributed by atoms with van der Waals surface area (Å²) in [7, 11) is 3.14. The fraction of sp³-hybridized carbons (Fsp3) is 0.667. The molecule has 4 aliphatic rings. The maximum Gasteiger partial charge on any atom is 0.408 e. The Balaban J connectivity index is 1.27. The third-order valence-electron chi connectivity index (χ3n) is 11.2. The van der Waals surface area contributed by atoms with Gasteiger partial charge in [-0.25, -0.2) is 4.79 Å². The molecule has 3 saturated carbocycles. The van der Waals surface area contributed by atoms with Crippen LogP contribution in [0.5, 0.6) is 0 Å². The van der Waals surface area contributed by atoms with Gasteiger partial charge in [-0.1, -0.05) is 69.9 Å². The number of alkyl carbamates (subject to hydrolysis) is 1. The van der Waals surface area contributed by atoms with E-state index in [4.69, 9.17) is 4.74 Å². The summed E-state index contributed by atoms with van der Waals surface area (Å²) >= 11 is 0. The van der Waals surface area contributed by atoms with E-state index in [-0.39, 0.29) is 47.3 Å². The Morgan fingerprint density at radius 2 is 1.57 bits per heavy atom. The molecule has 6 amide bonds. The summed E-state index contributed by atoms with van der Waals surface area (Å²) in [5, 5.41) is 10.7. The second kappa shape index (κ2) is 15.9. The van der Waals surface area contributed by atoms with E-state index in [0.717, 1.165) is 38.5 Å². The topological polar surface area (TPSA) is 183 Å². The van der Waals surface area contributed by atoms with Crippen molar-refractivity contribution in [2.24, 2.45) is 29.1 Å². The summed E-state index contributed by atoms with van der Waals surface area (Å²) in [5.41, 5.74) is -0.416. The summed E-state index contributed by atoms with van der Waals surface area (Å²) in [6.07, 6.45) is 4.67. The number of nitrogens with zero attached hydrogens (tertiary/aromatic N) is 2. The molecule has 1 aromatic carbocycles. The molecule has 0 aromatic heterocycles. The molecule has 4 fully saturated rings. The number of ketones is 1. The first-order valence-electron chi connectivity index (χ1n) is 18.9. The predicted octanol–water partition coefficient (Wildman–Crippen LogP) is 2.47. The molecule has 1 heterocycles. The van der Waals surface area contributed by atoms with Gasteiger partial charge in [0.15, 0.2) is 0 Å². The van der Waals surface area contributed by atoms with Crippen LogP contribution >= 0.6 is 0 Å². The van der Waals surface area contributed by atoms with Crippen LogP contribution in [0.1, 0.15) is 91.2 Å². The number of rotatable bonds is 14. The van der Waals surface area contributed by atoms with E-state index in [2.05, 4.69) is 35.1 Å². The third kappa shape index (κ3) is 9.55. The zero-order valence-electron chi connectivity index (χ0n) is 32.0. The van der Waals surface area contributed by atoms with Crippen LogP contribution in [0.4, 0.5) is 4.79 Å². The molecule has 1 aliphatic heterocycles. The molecule has 1 aromatic rings. The number of amides is 6. The number of likely N-dealkylation sites (N-methyl/N-ethyl adjacent to an activating group) is 1. The molecule has 14 heteroatoms. The number of carbonyl (C=O) groups excluding carboxylic acids is 7. The Labute approximate surface area is 311 Å². The highest BCUT2D eigenvalue weighted by atomic mass is 16.6. The van der Waals surface area contributed by atoms with Gasteiger partial charge in [0.05, 0.1) is 12.6 Å². The first-order valence-corrected chi connectivity index (χ1v) is 18.9. The van der Waals surface area contributed by atoms with Crippen LogP contribution < -0.4 is 21.3 Å². The first kappa shape index (κ1) is 39.7. The summed E-state index contributed by atoms with van der Waals surface area (Å²) in [4.78, 5) is 96.9. The lowest BCUT2D eigenvalue weighted by atomic mass is 9.94. The average molecular weight is 737 g/mol. The summed E-state index contributed by atoms with van der Waals surface area (Å²) in [6.45, 7) is 9.13. The lowest BCUT2D eigenvalue weighted by Crippen LogP contribution is -2.59. The number of ether oxygens (including phenoxy) is 1. The molecule has 1 saturated heterocycles. The minimum atomic E-state index is -1.16. The molecule has 4 unspecified atom stereocenters. The summed E-state index contributed by atoms with van der Waals surface area (Å²) in [6, 6.07) is 4.78. The minimum absolute atomic E-state index is 0.0615. The number of benzene rings is 1. The summed E-state index contributed by atoms with van der Waals surface area (Å²) in [5.74, 6) is -3.87. The van der Waals surface area contributed by atoms with Crippen molar-refractivity contribution in [2.75, 3.05) is 27.2 Å². The smallest absolute Gasteiger partial charge is 0.408 e. The number of fused-ring (bicyclic) bond motifs is 1. The molecule has 3 aliphatic carbocycles. The van der Waals surface area contributed by atoms with Crippen molar-refractivity contribution in [3.63, 3.8) is 0 Å². The van der Waals surface area contributed by atoms with Gasteiger partial charge in [-0.3, -0.25) is 28.8 Å². The van der Waals surface area contributed by atoms with Crippen LogP contribution in [-0.2, 0) is 33.5 Å². The number of carbonyl (C=O) groups is 7. The molecular weight excluding hydrogens is 680 g/mol. The van der Waals surface area contributed by atoms with Gasteiger partial charge in [0, 0.05) is 20.6 Å². The highest BCUT2D eigenvalue weighted by molar-refractivity contribution is 6.38. The normalized spacial score (nSPS) is 23.5. The number of likely N-dealkylation sites (tertiary alicyclic amines) is 1. The fourth-order valence-electron chi connectivity index (χ4n) is 8.08. The zero-order valence-corrected chi connectivity index (χ0v) is 32.0. The SMILES string of the molecule is CN(C)C(=O)[C@@H](NC(=O)CNC(=O)C(=O)C(CC1CC1)NC(=O)[C@@H]1C2C(CN1C(=O)C(NC(=O)OC(C)(C)C)C1CCCC1)C2(C)C)c1ccccc1. The molecule has 0 spiro atoms. The highest BCUT2D eigenvalue weighted by Gasteiger charge is 2.70. The van der Waals surface area contributed by atoms with Gasteiger partial charge in [-0.2, -0.15) is 0 Å². The average Bonchev–Trinajstić information content (AvgIpc) is 3.79. The van der Waals surface area contributed by atoms with E-state index in [1.165, 1.54) is 4.90 Å². The van der Waals surface area contributed by atoms with Gasteiger partial charge < -0.3 is 35.8 Å². The van der Waals surface area contributed by atoms with Gasteiger partial charge in [0.25, 0.3) is 5.91 Å². The van der Waals surface area contributed by atoms with E-state index in [1.807, 2.05) is 0 Å². The second-order valence-corrected chi connectivity index (χ2v) is 17.0. The lowest BCUT2D eigenvalue weighted by molar-refractivity contribution is -0.145. The Morgan fingerprint density at radius 3 is 2.15 bits per heavy atom. The number of piperidine rings is 1. The van der Waals surface area contributed by atoms with E-state index < -0.39 is 65.9 Å². The Bertz CT molecular complexity index is 1580. The van der Waals surface area contributed by atoms with E-state index >= 15 is 0 Å². The van der Waals surface area contributed by atoms with Gasteiger partial charge in [0.1, 0.15) is 23.7 Å². The number of hydrogen-bond donors (Lipinski definition) is 4. The molecule has 14 nitrogen and oxygen atoms in total. The quantitative estimate of drug-likeness (QED) is 0.210. The van der Waals surface area contributed by atoms with Crippen molar-refractivity contribution < 1.29 is 38.3 Å². The monoisotopic (exact) mass is 736 g/mol. The summed E-state index contributed by atoms with van der Waals surface area (Å²) < 4.78 is 5.50. The maximum atomic E-state index is 14.3. The van der Waals surface area contributed by atoms with Gasteiger partial charge in [-0.15, -0.1) is 0 Å². The van der Waals surface area contributed by atoms with E-state index in [0.29, 0.717) is 12.1 Å². The van der Waals surface area contributed by atoms with Crippen LogP contribution in [0.3, 0.4) is 0 Å². The molecular formula is C39H56N6O8. The van der Waals surface area contributed by atoms with Crippen molar-refractivity contribution in [1.29, 1.82) is 0 Å². The first-order chi connectivity index (χ1) is 24.9. The molecule has 5 rings (SSSR count). The van der Waals surface area contributed by atoms with E-state index in [9.17, 15) is 33.6 Å². The van der Waals surface area contributed by atoms with Crippen molar-refractivity contribution in [3.05, 3.63) is 35.9 Å². The molecule has 0 bridgehead atoms. The minimum Gasteiger partial charge on any atom is -0.444 e. The Morgan fingerprint density at radius 1 is 0.925 bits per heavy atom. The van der Waals surface area contributed by atoms with Crippen LogP contribution in [0, 0.1) is 29.1 Å². The standard InChI is InChI=1S/C39H56N6O8/c1-38(2,3)53-37(52)43-30(24-15-11-12-16-24)36(51)45-21-25-28(39(25,4)5)31(45)33(48)41-26(19-22-17-18-22)32(47)34(49)40-20-27(46)42-29(35(50)44(6)7)23-13-9-8-10-14-23/h8-10,13-14,22,24-26,28-31H,11-12,15-21H2,1-7H3,(H,40,49)(H,41,48)(H,42,46)(H,43,52)/t25?,26?,28?,29-,30?,31-/m0/s1. The van der Waals surface area contributed by atoms with Crippen molar-refractivity contribution >= 4 is 41.4 Å². The van der Waals surface area contributed by atoms with Crippen molar-refractivity contribution in [3.8, 4) is 0 Å². The Kier molecular flexibility index (Phi) is 11.9. The van der Waals surface area contributed by atoms with Crippen molar-refractivity contribution in [1.82, 2.24) is 31.1 Å².